The predicted octanol–water partition coefficient (Wildman–Crippen LogP) is 1.37. The van der Waals surface area contributed by atoms with E-state index in [0.717, 1.165) is 18.6 Å². The molecule has 2 N–H and O–H groups in total. The van der Waals surface area contributed by atoms with E-state index < -0.39 is 11.6 Å². The van der Waals surface area contributed by atoms with Gasteiger partial charge >= 0.3 is 0 Å². The van der Waals surface area contributed by atoms with E-state index in [1.165, 1.54) is 0 Å². The van der Waals surface area contributed by atoms with E-state index in [2.05, 4.69) is 0 Å². The van der Waals surface area contributed by atoms with Gasteiger partial charge in [-0.1, -0.05) is 0 Å². The van der Waals surface area contributed by atoms with Gasteiger partial charge in [-0.2, -0.15) is 5.26 Å². The standard InChI is InChI=1S/C11H11F2N3/c12-9-3-7(5-14)4-10(13)11(9)16-2-1-8(15)6-16/h3-4,8H,1-2,6,15H2. The first-order valence-electron chi connectivity index (χ1n) is 5.01. The Kier molecular flexibility index (Phi) is 2.75. The van der Waals surface area contributed by atoms with Crippen molar-refractivity contribution in [2.75, 3.05) is 18.0 Å². The lowest BCUT2D eigenvalue weighted by molar-refractivity contribution is 0.576. The highest BCUT2D eigenvalue weighted by molar-refractivity contribution is 5.53. The molecule has 16 heavy (non-hydrogen) atoms. The average Bonchev–Trinajstić information content (AvgIpc) is 2.63. The molecular weight excluding hydrogens is 212 g/mol. The monoisotopic (exact) mass is 223 g/mol. The Morgan fingerprint density at radius 3 is 2.44 bits per heavy atom. The van der Waals surface area contributed by atoms with Crippen LogP contribution in [0.15, 0.2) is 12.1 Å². The lowest BCUT2D eigenvalue weighted by Gasteiger charge is -2.19. The van der Waals surface area contributed by atoms with Gasteiger partial charge in [-0.3, -0.25) is 0 Å². The summed E-state index contributed by atoms with van der Waals surface area (Å²) in [5.41, 5.74) is 5.59. The van der Waals surface area contributed by atoms with Gasteiger partial charge in [0, 0.05) is 19.1 Å². The SMILES string of the molecule is N#Cc1cc(F)c(N2CCC(N)C2)c(F)c1. The second-order valence-electron chi connectivity index (χ2n) is 3.90. The quantitative estimate of drug-likeness (QED) is 0.782. The number of nitrogens with zero attached hydrogens (tertiary/aromatic N) is 2. The fourth-order valence-electron chi connectivity index (χ4n) is 1.92. The van der Waals surface area contributed by atoms with Crippen molar-refractivity contribution in [3.63, 3.8) is 0 Å². The van der Waals surface area contributed by atoms with Crippen molar-refractivity contribution in [3.05, 3.63) is 29.3 Å². The lowest BCUT2D eigenvalue weighted by Crippen LogP contribution is -2.27. The van der Waals surface area contributed by atoms with E-state index in [9.17, 15) is 8.78 Å². The predicted molar refractivity (Wildman–Crippen MR) is 55.9 cm³/mol. The summed E-state index contributed by atoms with van der Waals surface area (Å²) >= 11 is 0. The molecule has 1 aromatic carbocycles. The maximum absolute atomic E-state index is 13.6. The van der Waals surface area contributed by atoms with Crippen LogP contribution in [0.5, 0.6) is 0 Å². The van der Waals surface area contributed by atoms with Crippen molar-refractivity contribution >= 4 is 5.69 Å². The average molecular weight is 223 g/mol. The summed E-state index contributed by atoms with van der Waals surface area (Å²) in [5.74, 6) is -1.41. The molecule has 0 saturated carbocycles. The highest BCUT2D eigenvalue weighted by Gasteiger charge is 2.24. The van der Waals surface area contributed by atoms with Crippen LogP contribution < -0.4 is 10.6 Å². The summed E-state index contributed by atoms with van der Waals surface area (Å²) in [6, 6.07) is 3.75. The van der Waals surface area contributed by atoms with Gasteiger partial charge in [0.1, 0.15) is 5.69 Å². The molecule has 0 bridgehead atoms. The summed E-state index contributed by atoms with van der Waals surface area (Å²) in [4.78, 5) is 1.58. The van der Waals surface area contributed by atoms with E-state index >= 15 is 0 Å². The van der Waals surface area contributed by atoms with Crippen LogP contribution in [0.3, 0.4) is 0 Å². The van der Waals surface area contributed by atoms with Crippen LogP contribution in [0, 0.1) is 23.0 Å². The number of nitriles is 1. The van der Waals surface area contributed by atoms with Gasteiger partial charge in [0.2, 0.25) is 0 Å². The molecule has 0 spiro atoms. The van der Waals surface area contributed by atoms with E-state index in [4.69, 9.17) is 11.0 Å². The maximum Gasteiger partial charge on any atom is 0.150 e. The Balaban J connectivity index is 2.38. The Bertz CT molecular complexity index is 430. The van der Waals surface area contributed by atoms with E-state index in [1.807, 2.05) is 0 Å². The topological polar surface area (TPSA) is 53.0 Å². The molecule has 84 valence electrons. The molecule has 1 heterocycles. The Labute approximate surface area is 92.1 Å². The highest BCUT2D eigenvalue weighted by atomic mass is 19.1. The zero-order chi connectivity index (χ0) is 11.7. The van der Waals surface area contributed by atoms with Crippen LogP contribution >= 0.6 is 0 Å². The molecule has 1 aliphatic rings. The fraction of sp³-hybridized carbons (Fsp3) is 0.364. The first kappa shape index (κ1) is 10.8. The Hall–Kier alpha value is -1.67. The molecular formula is C11H11F2N3. The van der Waals surface area contributed by atoms with Crippen molar-refractivity contribution in [1.29, 1.82) is 5.26 Å². The summed E-state index contributed by atoms with van der Waals surface area (Å²) in [7, 11) is 0. The van der Waals surface area contributed by atoms with Gasteiger partial charge in [-0.15, -0.1) is 0 Å². The minimum absolute atomic E-state index is 0.0118. The van der Waals surface area contributed by atoms with Crippen LogP contribution in [-0.4, -0.2) is 19.1 Å². The van der Waals surface area contributed by atoms with Crippen LogP contribution in [0.1, 0.15) is 12.0 Å². The molecule has 1 unspecified atom stereocenters. The zero-order valence-corrected chi connectivity index (χ0v) is 8.58. The van der Waals surface area contributed by atoms with Gasteiger partial charge < -0.3 is 10.6 Å². The second kappa shape index (κ2) is 4.06. The molecule has 1 fully saturated rings. The first-order chi connectivity index (χ1) is 7.61. The number of hydrogen-bond donors (Lipinski definition) is 1. The molecule has 2 rings (SSSR count). The molecule has 1 aromatic rings. The fourth-order valence-corrected chi connectivity index (χ4v) is 1.92. The van der Waals surface area contributed by atoms with Gasteiger partial charge in [0.05, 0.1) is 11.6 Å². The van der Waals surface area contributed by atoms with Crippen molar-refractivity contribution in [1.82, 2.24) is 0 Å². The number of benzene rings is 1. The Morgan fingerprint density at radius 2 is 2.00 bits per heavy atom. The number of rotatable bonds is 1. The van der Waals surface area contributed by atoms with Crippen LogP contribution in [0.25, 0.3) is 0 Å². The molecule has 1 aliphatic heterocycles. The molecule has 3 nitrogen and oxygen atoms in total. The van der Waals surface area contributed by atoms with Crippen molar-refractivity contribution in [3.8, 4) is 6.07 Å². The largest absolute Gasteiger partial charge is 0.365 e. The Morgan fingerprint density at radius 1 is 1.38 bits per heavy atom. The summed E-state index contributed by atoms with van der Waals surface area (Å²) in [5, 5.41) is 8.57. The summed E-state index contributed by atoms with van der Waals surface area (Å²) in [6.45, 7) is 0.987. The maximum atomic E-state index is 13.6. The van der Waals surface area contributed by atoms with E-state index in [-0.39, 0.29) is 17.3 Å². The van der Waals surface area contributed by atoms with Crippen LogP contribution in [0.4, 0.5) is 14.5 Å². The second-order valence-corrected chi connectivity index (χ2v) is 3.90. The number of nitrogens with two attached hydrogens (primary N) is 1. The molecule has 1 saturated heterocycles. The smallest absolute Gasteiger partial charge is 0.150 e. The lowest BCUT2D eigenvalue weighted by atomic mass is 10.2. The molecule has 0 aliphatic carbocycles. The minimum Gasteiger partial charge on any atom is -0.365 e. The number of hydrogen-bond acceptors (Lipinski definition) is 3. The van der Waals surface area contributed by atoms with Gasteiger partial charge in [-0.25, -0.2) is 8.78 Å². The number of halogens is 2. The first-order valence-corrected chi connectivity index (χ1v) is 5.01. The summed E-state index contributed by atoms with van der Waals surface area (Å²) in [6.07, 6.45) is 0.721. The van der Waals surface area contributed by atoms with E-state index in [0.29, 0.717) is 13.1 Å². The van der Waals surface area contributed by atoms with Crippen LogP contribution in [0.2, 0.25) is 0 Å². The highest BCUT2D eigenvalue weighted by Crippen LogP contribution is 2.27. The van der Waals surface area contributed by atoms with Crippen molar-refractivity contribution < 1.29 is 8.78 Å². The third kappa shape index (κ3) is 1.84. The van der Waals surface area contributed by atoms with Crippen LogP contribution in [-0.2, 0) is 0 Å². The normalized spacial score (nSPS) is 19.9. The third-order valence-electron chi connectivity index (χ3n) is 2.69. The van der Waals surface area contributed by atoms with Gasteiger partial charge in [-0.05, 0) is 18.6 Å². The van der Waals surface area contributed by atoms with E-state index in [1.54, 1.807) is 11.0 Å². The molecule has 0 amide bonds. The minimum atomic E-state index is -0.703. The molecule has 0 aromatic heterocycles. The molecule has 0 radical (unpaired) electrons. The summed E-state index contributed by atoms with van der Waals surface area (Å²) < 4.78 is 27.2. The third-order valence-corrected chi connectivity index (χ3v) is 2.69. The van der Waals surface area contributed by atoms with Gasteiger partial charge in [0.25, 0.3) is 0 Å². The van der Waals surface area contributed by atoms with Gasteiger partial charge in [0.15, 0.2) is 11.6 Å². The van der Waals surface area contributed by atoms with Crippen molar-refractivity contribution in [2.24, 2.45) is 5.73 Å². The zero-order valence-electron chi connectivity index (χ0n) is 8.58. The molecule has 5 heteroatoms. The molecule has 1 atom stereocenters. The van der Waals surface area contributed by atoms with Crippen molar-refractivity contribution in [2.45, 2.75) is 12.5 Å². The number of anilines is 1.